The lowest BCUT2D eigenvalue weighted by Gasteiger charge is -2.36. The molecule has 0 aliphatic rings. The van der Waals surface area contributed by atoms with E-state index in [1.54, 1.807) is 12.1 Å². The lowest BCUT2D eigenvalue weighted by molar-refractivity contribution is -0.0510. The maximum atomic E-state index is 12.7. The molecule has 33 heavy (non-hydrogen) atoms. The van der Waals surface area contributed by atoms with E-state index >= 15 is 0 Å². The molecule has 0 fully saturated rings. The van der Waals surface area contributed by atoms with Crippen LogP contribution in [0, 0.1) is 0 Å². The van der Waals surface area contributed by atoms with E-state index in [-0.39, 0.29) is 17.9 Å². The largest absolute Gasteiger partial charge is 0.434 e. The lowest BCUT2D eigenvalue weighted by atomic mass is 9.80. The molecular weight excluding hydrogens is 422 g/mol. The number of hydrogen-bond donors (Lipinski definition) is 1. The van der Waals surface area contributed by atoms with Gasteiger partial charge in [-0.25, -0.2) is 0 Å². The Balaban J connectivity index is 1.78. The standard InChI is InChI=1S/C28H24F2O3/c29-27(30)33-26-17-16-21(18-22(26)19-31)20-32-28(23-10-4-1-5-11-23,24-12-6-2-7-13-24)25-14-8-3-9-15-25/h1-18,27,31H,19-20H2. The van der Waals surface area contributed by atoms with Crippen LogP contribution < -0.4 is 4.74 Å². The molecule has 4 rings (SSSR count). The van der Waals surface area contributed by atoms with Crippen molar-refractivity contribution >= 4 is 0 Å². The Hall–Kier alpha value is -3.54. The van der Waals surface area contributed by atoms with Crippen LogP contribution in [0.25, 0.3) is 0 Å². The minimum atomic E-state index is -2.96. The summed E-state index contributed by atoms with van der Waals surface area (Å²) in [4.78, 5) is 0. The van der Waals surface area contributed by atoms with Crippen molar-refractivity contribution in [2.45, 2.75) is 25.4 Å². The third-order valence-electron chi connectivity index (χ3n) is 5.51. The molecule has 0 amide bonds. The van der Waals surface area contributed by atoms with Crippen molar-refractivity contribution in [2.75, 3.05) is 0 Å². The second-order valence-electron chi connectivity index (χ2n) is 7.55. The first-order chi connectivity index (χ1) is 16.1. The molecule has 1 N–H and O–H groups in total. The summed E-state index contributed by atoms with van der Waals surface area (Å²) >= 11 is 0. The van der Waals surface area contributed by atoms with E-state index in [4.69, 9.17) is 4.74 Å². The van der Waals surface area contributed by atoms with Gasteiger partial charge in [0.15, 0.2) is 0 Å². The van der Waals surface area contributed by atoms with Crippen LogP contribution in [0.2, 0.25) is 0 Å². The first-order valence-electron chi connectivity index (χ1n) is 10.6. The van der Waals surface area contributed by atoms with E-state index in [0.717, 1.165) is 22.3 Å². The van der Waals surface area contributed by atoms with E-state index in [1.165, 1.54) is 6.07 Å². The zero-order valence-electron chi connectivity index (χ0n) is 17.9. The number of alkyl halides is 2. The molecule has 5 heteroatoms. The Kier molecular flexibility index (Phi) is 7.13. The molecule has 0 radical (unpaired) electrons. The smallest absolute Gasteiger partial charge is 0.387 e. The van der Waals surface area contributed by atoms with Crippen molar-refractivity contribution < 1.29 is 23.4 Å². The van der Waals surface area contributed by atoms with Crippen molar-refractivity contribution in [1.82, 2.24) is 0 Å². The van der Waals surface area contributed by atoms with Crippen molar-refractivity contribution in [2.24, 2.45) is 0 Å². The number of aliphatic hydroxyl groups is 1. The summed E-state index contributed by atoms with van der Waals surface area (Å²) in [6.07, 6.45) is 0. The van der Waals surface area contributed by atoms with Gasteiger partial charge in [-0.3, -0.25) is 0 Å². The Labute approximate surface area is 191 Å². The minimum absolute atomic E-state index is 0.0447. The van der Waals surface area contributed by atoms with Crippen LogP contribution in [0.3, 0.4) is 0 Å². The van der Waals surface area contributed by atoms with Crippen LogP contribution >= 0.6 is 0 Å². The number of halogens is 2. The average molecular weight is 446 g/mol. The second-order valence-corrected chi connectivity index (χ2v) is 7.55. The topological polar surface area (TPSA) is 38.7 Å². The van der Waals surface area contributed by atoms with E-state index in [9.17, 15) is 13.9 Å². The number of benzene rings is 4. The van der Waals surface area contributed by atoms with Gasteiger partial charge in [-0.15, -0.1) is 0 Å². The van der Waals surface area contributed by atoms with Crippen molar-refractivity contribution in [1.29, 1.82) is 0 Å². The summed E-state index contributed by atoms with van der Waals surface area (Å²) in [6, 6.07) is 34.6. The molecule has 168 valence electrons. The molecule has 4 aromatic carbocycles. The minimum Gasteiger partial charge on any atom is -0.434 e. The van der Waals surface area contributed by atoms with Gasteiger partial charge in [0.05, 0.1) is 13.2 Å². The quantitative estimate of drug-likeness (QED) is 0.307. The molecule has 0 unspecified atom stereocenters. The van der Waals surface area contributed by atoms with E-state index in [1.807, 2.05) is 91.0 Å². The Bertz CT molecular complexity index is 1050. The van der Waals surface area contributed by atoms with Crippen LogP contribution in [-0.2, 0) is 23.6 Å². The number of hydrogen-bond acceptors (Lipinski definition) is 3. The molecule has 0 atom stereocenters. The highest BCUT2D eigenvalue weighted by Crippen LogP contribution is 2.41. The van der Waals surface area contributed by atoms with Crippen LogP contribution in [0.4, 0.5) is 8.78 Å². The highest BCUT2D eigenvalue weighted by Gasteiger charge is 2.37. The Morgan fingerprint density at radius 3 is 1.61 bits per heavy atom. The number of aliphatic hydroxyl groups excluding tert-OH is 1. The molecule has 0 aliphatic carbocycles. The van der Waals surface area contributed by atoms with Gasteiger partial charge in [0.2, 0.25) is 0 Å². The molecule has 3 nitrogen and oxygen atoms in total. The maximum Gasteiger partial charge on any atom is 0.387 e. The number of rotatable bonds is 9. The van der Waals surface area contributed by atoms with E-state index in [2.05, 4.69) is 4.74 Å². The fourth-order valence-electron chi connectivity index (χ4n) is 4.02. The van der Waals surface area contributed by atoms with Gasteiger partial charge < -0.3 is 14.6 Å². The van der Waals surface area contributed by atoms with Crippen molar-refractivity contribution in [3.63, 3.8) is 0 Å². The molecule has 0 heterocycles. The van der Waals surface area contributed by atoms with Crippen LogP contribution in [0.1, 0.15) is 27.8 Å². The van der Waals surface area contributed by atoms with Gasteiger partial charge in [0.25, 0.3) is 0 Å². The third-order valence-corrected chi connectivity index (χ3v) is 5.51. The molecule has 0 saturated carbocycles. The van der Waals surface area contributed by atoms with Gasteiger partial charge in [0.1, 0.15) is 11.4 Å². The van der Waals surface area contributed by atoms with Gasteiger partial charge >= 0.3 is 6.61 Å². The highest BCUT2D eigenvalue weighted by molar-refractivity contribution is 5.47. The molecule has 4 aromatic rings. The molecule has 0 saturated heterocycles. The molecule has 0 bridgehead atoms. The fourth-order valence-corrected chi connectivity index (χ4v) is 4.02. The summed E-state index contributed by atoms with van der Waals surface area (Å²) in [5, 5.41) is 9.65. The first kappa shape index (κ1) is 22.6. The van der Waals surface area contributed by atoms with Gasteiger partial charge in [-0.1, -0.05) is 97.1 Å². The molecule has 0 aromatic heterocycles. The lowest BCUT2D eigenvalue weighted by Crippen LogP contribution is -2.32. The van der Waals surface area contributed by atoms with Gasteiger partial charge in [-0.05, 0) is 34.4 Å². The summed E-state index contributed by atoms with van der Waals surface area (Å²) in [6.45, 7) is -3.20. The zero-order chi connectivity index (χ0) is 23.1. The summed E-state index contributed by atoms with van der Waals surface area (Å²) < 4.78 is 36.6. The SMILES string of the molecule is OCc1cc(COC(c2ccccc2)(c2ccccc2)c2ccccc2)ccc1OC(F)F. The predicted octanol–water partition coefficient (Wildman–Crippen LogP) is 6.29. The van der Waals surface area contributed by atoms with Crippen LogP contribution in [-0.4, -0.2) is 11.7 Å². The highest BCUT2D eigenvalue weighted by atomic mass is 19.3. The normalized spacial score (nSPS) is 11.5. The predicted molar refractivity (Wildman–Crippen MR) is 123 cm³/mol. The van der Waals surface area contributed by atoms with Crippen LogP contribution in [0.5, 0.6) is 5.75 Å². The molecular formula is C28H24F2O3. The third kappa shape index (κ3) is 4.95. The monoisotopic (exact) mass is 446 g/mol. The van der Waals surface area contributed by atoms with Crippen LogP contribution in [0.15, 0.2) is 109 Å². The van der Waals surface area contributed by atoms with Crippen molar-refractivity contribution in [3.05, 3.63) is 137 Å². The summed E-state index contributed by atoms with van der Waals surface area (Å²) in [5.41, 5.74) is 2.99. The fraction of sp³-hybridized carbons (Fsp3) is 0.143. The Morgan fingerprint density at radius 2 is 1.18 bits per heavy atom. The van der Waals surface area contributed by atoms with E-state index in [0.29, 0.717) is 0 Å². The van der Waals surface area contributed by atoms with Crippen molar-refractivity contribution in [3.8, 4) is 5.75 Å². The van der Waals surface area contributed by atoms with Gasteiger partial charge in [0, 0.05) is 5.56 Å². The summed E-state index contributed by atoms with van der Waals surface area (Å²) in [7, 11) is 0. The average Bonchev–Trinajstić information content (AvgIpc) is 2.87. The summed E-state index contributed by atoms with van der Waals surface area (Å²) in [5.74, 6) is -0.0447. The second kappa shape index (κ2) is 10.4. The first-order valence-corrected chi connectivity index (χ1v) is 10.6. The maximum absolute atomic E-state index is 12.7. The van der Waals surface area contributed by atoms with E-state index < -0.39 is 18.8 Å². The number of ether oxygens (including phenoxy) is 2. The molecule has 0 spiro atoms. The van der Waals surface area contributed by atoms with Gasteiger partial charge in [-0.2, -0.15) is 8.78 Å². The zero-order valence-corrected chi connectivity index (χ0v) is 17.9. The molecule has 0 aliphatic heterocycles. The Morgan fingerprint density at radius 1 is 0.697 bits per heavy atom.